The highest BCUT2D eigenvalue weighted by molar-refractivity contribution is 5.72. The first-order valence-electron chi connectivity index (χ1n) is 28.9. The molecule has 0 aliphatic heterocycles. The first-order chi connectivity index (χ1) is 37.0. The number of ether oxygens (including phenoxy) is 3. The van der Waals surface area contributed by atoms with E-state index >= 15 is 0 Å². The number of esters is 3. The summed E-state index contributed by atoms with van der Waals surface area (Å²) in [6.45, 7) is 6.09. The molecule has 1 unspecified atom stereocenters. The molecule has 414 valence electrons. The van der Waals surface area contributed by atoms with Crippen molar-refractivity contribution in [1.82, 2.24) is 0 Å². The molecule has 0 fully saturated rings. The molecule has 0 aliphatic carbocycles. The Morgan fingerprint density at radius 1 is 0.280 bits per heavy atom. The number of rotatable bonds is 49. The summed E-state index contributed by atoms with van der Waals surface area (Å²) in [6, 6.07) is 0. The fraction of sp³-hybridized carbons (Fsp3) is 0.493. The van der Waals surface area contributed by atoms with Gasteiger partial charge in [0.2, 0.25) is 0 Å². The van der Waals surface area contributed by atoms with Crippen molar-refractivity contribution in [2.24, 2.45) is 0 Å². The lowest BCUT2D eigenvalue weighted by atomic mass is 10.1. The number of hydrogen-bond donors (Lipinski definition) is 0. The summed E-state index contributed by atoms with van der Waals surface area (Å²) in [6.07, 6.45) is 93.3. The van der Waals surface area contributed by atoms with E-state index < -0.39 is 18.0 Å². The van der Waals surface area contributed by atoms with E-state index in [1.54, 1.807) is 12.2 Å². The third-order valence-corrected chi connectivity index (χ3v) is 11.1. The fourth-order valence-corrected chi connectivity index (χ4v) is 6.95. The van der Waals surface area contributed by atoms with Crippen molar-refractivity contribution >= 4 is 17.9 Å². The van der Waals surface area contributed by atoms with Gasteiger partial charge in [-0.15, -0.1) is 0 Å². The minimum Gasteiger partial charge on any atom is -0.462 e. The van der Waals surface area contributed by atoms with Gasteiger partial charge in [-0.25, -0.2) is 0 Å². The molecule has 0 aromatic rings. The van der Waals surface area contributed by atoms with Gasteiger partial charge in [0, 0.05) is 6.42 Å². The number of hydrogen-bond acceptors (Lipinski definition) is 6. The summed E-state index contributed by atoms with van der Waals surface area (Å²) in [5.41, 5.74) is 0. The summed E-state index contributed by atoms with van der Waals surface area (Å²) >= 11 is 0. The number of allylic oxidation sites excluding steroid dienone is 30. The van der Waals surface area contributed by atoms with Gasteiger partial charge >= 0.3 is 17.9 Å². The van der Waals surface area contributed by atoms with Crippen molar-refractivity contribution in [3.63, 3.8) is 0 Å². The Hall–Kier alpha value is -5.75. The van der Waals surface area contributed by atoms with Crippen LogP contribution in [-0.4, -0.2) is 37.2 Å². The number of carbonyl (C=O) groups is 3. The largest absolute Gasteiger partial charge is 0.462 e. The van der Waals surface area contributed by atoms with Crippen molar-refractivity contribution in [2.45, 2.75) is 207 Å². The highest BCUT2D eigenvalue weighted by atomic mass is 16.6. The van der Waals surface area contributed by atoms with E-state index in [0.29, 0.717) is 19.3 Å². The Morgan fingerprint density at radius 2 is 0.533 bits per heavy atom. The molecule has 0 N–H and O–H groups in total. The Labute approximate surface area is 458 Å². The summed E-state index contributed by atoms with van der Waals surface area (Å²) in [5.74, 6) is -1.25. The molecule has 75 heavy (non-hydrogen) atoms. The Kier molecular flexibility index (Phi) is 56.1. The lowest BCUT2D eigenvalue weighted by Gasteiger charge is -2.17. The van der Waals surface area contributed by atoms with Gasteiger partial charge in [-0.1, -0.05) is 254 Å². The van der Waals surface area contributed by atoms with Crippen LogP contribution >= 0.6 is 0 Å². The van der Waals surface area contributed by atoms with Crippen molar-refractivity contribution < 1.29 is 28.6 Å². The van der Waals surface area contributed by atoms with Gasteiger partial charge in [-0.05, 0) is 122 Å². The quantitative estimate of drug-likeness (QED) is 0.0261. The first-order valence-corrected chi connectivity index (χ1v) is 28.9. The maximum Gasteiger partial charge on any atom is 0.310 e. The van der Waals surface area contributed by atoms with Crippen molar-refractivity contribution in [2.75, 3.05) is 13.2 Å². The zero-order valence-corrected chi connectivity index (χ0v) is 47.2. The van der Waals surface area contributed by atoms with Gasteiger partial charge in [0.25, 0.3) is 0 Å². The van der Waals surface area contributed by atoms with Crippen molar-refractivity contribution in [3.8, 4) is 0 Å². The average molecular weight is 1030 g/mol. The van der Waals surface area contributed by atoms with Crippen LogP contribution in [0.25, 0.3) is 0 Å². The molecule has 0 spiro atoms. The van der Waals surface area contributed by atoms with Gasteiger partial charge in [-0.2, -0.15) is 0 Å². The smallest absolute Gasteiger partial charge is 0.310 e. The first kappa shape index (κ1) is 69.2. The Morgan fingerprint density at radius 3 is 0.867 bits per heavy atom. The molecule has 6 nitrogen and oxygen atoms in total. The van der Waals surface area contributed by atoms with Crippen LogP contribution in [-0.2, 0) is 28.6 Å². The average Bonchev–Trinajstić information content (AvgIpc) is 3.41. The molecule has 0 bridgehead atoms. The van der Waals surface area contributed by atoms with E-state index in [1.165, 1.54) is 25.7 Å². The zero-order chi connectivity index (χ0) is 54.3. The van der Waals surface area contributed by atoms with Crippen LogP contribution in [0.2, 0.25) is 0 Å². The molecule has 0 aromatic carbocycles. The van der Waals surface area contributed by atoms with Gasteiger partial charge in [-0.3, -0.25) is 14.4 Å². The Bertz CT molecular complexity index is 1850. The van der Waals surface area contributed by atoms with Crippen molar-refractivity contribution in [1.29, 1.82) is 0 Å². The molecule has 0 aliphatic rings. The zero-order valence-electron chi connectivity index (χ0n) is 47.2. The maximum atomic E-state index is 12.8. The molecule has 0 saturated heterocycles. The normalized spacial score (nSPS) is 13.6. The third-order valence-electron chi connectivity index (χ3n) is 11.1. The maximum absolute atomic E-state index is 12.8. The molecule has 1 atom stereocenters. The van der Waals surface area contributed by atoms with Crippen LogP contribution in [0, 0.1) is 0 Å². The summed E-state index contributed by atoms with van der Waals surface area (Å²) in [4.78, 5) is 38.0. The molecular formula is C69H102O6. The fourth-order valence-electron chi connectivity index (χ4n) is 6.95. The van der Waals surface area contributed by atoms with Crippen LogP contribution in [0.4, 0.5) is 0 Å². The van der Waals surface area contributed by atoms with E-state index in [4.69, 9.17) is 14.2 Å². The lowest BCUT2D eigenvalue weighted by molar-refractivity contribution is -0.166. The molecule has 0 saturated carbocycles. The summed E-state index contributed by atoms with van der Waals surface area (Å²) in [5, 5.41) is 0. The molecular weight excluding hydrogens is 925 g/mol. The number of carbonyl (C=O) groups excluding carboxylic acids is 3. The van der Waals surface area contributed by atoms with Crippen LogP contribution in [0.3, 0.4) is 0 Å². The summed E-state index contributed by atoms with van der Waals surface area (Å²) < 4.78 is 16.6. The summed E-state index contributed by atoms with van der Waals surface area (Å²) in [7, 11) is 0. The van der Waals surface area contributed by atoms with Crippen LogP contribution in [0.5, 0.6) is 0 Å². The van der Waals surface area contributed by atoms with E-state index in [-0.39, 0.29) is 32.0 Å². The van der Waals surface area contributed by atoms with E-state index in [1.807, 2.05) is 12.2 Å². The topological polar surface area (TPSA) is 78.9 Å². The molecule has 0 heterocycles. The minimum absolute atomic E-state index is 0.0649. The van der Waals surface area contributed by atoms with Gasteiger partial charge in [0.15, 0.2) is 6.10 Å². The van der Waals surface area contributed by atoms with Crippen LogP contribution < -0.4 is 0 Å². The predicted octanol–water partition coefficient (Wildman–Crippen LogP) is 19.9. The van der Waals surface area contributed by atoms with Crippen LogP contribution in [0.1, 0.15) is 201 Å². The molecule has 0 rings (SSSR count). The monoisotopic (exact) mass is 1030 g/mol. The number of unbranched alkanes of at least 4 members (excludes halogenated alkanes) is 8. The molecule has 0 radical (unpaired) electrons. The molecule has 0 aromatic heterocycles. The SMILES string of the molecule is CC/C=C\C/C=C\C/C=C\C/C=C\C/C=C\C/C=C\CCCCCCCCCCC(=O)OCC(COC(=O)C/C=C\C/C=C\C/C=C\C/C=C\C/C=C\CC)OC(=O)C/C=C\C/C=C\C/C=C\C/C=C\C/C=C\CC. The van der Waals surface area contributed by atoms with E-state index in [0.717, 1.165) is 122 Å². The Balaban J connectivity index is 4.54. The lowest BCUT2D eigenvalue weighted by Crippen LogP contribution is -2.30. The minimum atomic E-state index is -0.888. The highest BCUT2D eigenvalue weighted by Gasteiger charge is 2.19. The van der Waals surface area contributed by atoms with Gasteiger partial charge in [0.1, 0.15) is 13.2 Å². The van der Waals surface area contributed by atoms with Gasteiger partial charge in [0.05, 0.1) is 12.8 Å². The van der Waals surface area contributed by atoms with Gasteiger partial charge < -0.3 is 14.2 Å². The second-order valence-electron chi connectivity index (χ2n) is 18.1. The highest BCUT2D eigenvalue weighted by Crippen LogP contribution is 2.12. The standard InChI is InChI=1S/C69H102O6/c1-4-7-10-13-16-19-22-25-28-29-30-31-32-33-34-35-36-37-38-39-42-44-47-50-53-56-59-62-68(71)74-65-66(75-69(72)63-60-57-54-51-48-45-41-27-24-21-18-15-12-9-6-3)64-73-67(70)61-58-55-52-49-46-43-40-26-23-20-17-14-11-8-5-2/h7-12,16-21,25-28,30-31,33-34,36-37,40-41,46,48-49,51,55,57-58,60,66H,4-6,13-15,22-24,29,32,35,38-39,42-45,47,50,52-54,56,59,61-65H2,1-3H3/b10-7-,11-8-,12-9-,19-16-,20-17-,21-18-,28-25-,31-30-,34-33-,37-36-,40-26-,41-27-,49-46-,51-48-,58-55-,60-57-. The predicted molar refractivity (Wildman–Crippen MR) is 324 cm³/mol. The van der Waals surface area contributed by atoms with Crippen molar-refractivity contribution in [3.05, 3.63) is 194 Å². The second kappa shape index (κ2) is 60.8. The second-order valence-corrected chi connectivity index (χ2v) is 18.1. The van der Waals surface area contributed by atoms with E-state index in [2.05, 4.69) is 191 Å². The molecule has 0 amide bonds. The van der Waals surface area contributed by atoms with E-state index in [9.17, 15) is 14.4 Å². The molecule has 6 heteroatoms. The van der Waals surface area contributed by atoms with Crippen LogP contribution in [0.15, 0.2) is 194 Å². The third kappa shape index (κ3) is 59.0.